The molecule has 2 N–H and O–H groups in total. The zero-order valence-electron chi connectivity index (χ0n) is 27.0. The molecule has 2 aliphatic rings. The minimum atomic E-state index is -0.879. The average molecular weight is 601 g/mol. The summed E-state index contributed by atoms with van der Waals surface area (Å²) in [5, 5.41) is 0. The summed E-state index contributed by atoms with van der Waals surface area (Å²) in [6.07, 6.45) is 6.44. The predicted octanol–water partition coefficient (Wildman–Crippen LogP) is 7.94. The number of carbonyl (C=O) groups excluding carboxylic acids is 1. The van der Waals surface area contributed by atoms with E-state index in [9.17, 15) is 9.18 Å². The molecule has 1 saturated heterocycles. The fourth-order valence-corrected chi connectivity index (χ4v) is 6.38. The summed E-state index contributed by atoms with van der Waals surface area (Å²) in [4.78, 5) is 17.9. The molecule has 0 unspecified atom stereocenters. The van der Waals surface area contributed by atoms with E-state index >= 15 is 0 Å². The van der Waals surface area contributed by atoms with Crippen molar-refractivity contribution in [3.8, 4) is 11.1 Å². The highest BCUT2D eigenvalue weighted by Gasteiger charge is 2.36. The van der Waals surface area contributed by atoms with Gasteiger partial charge in [-0.2, -0.15) is 0 Å². The first-order valence-electron chi connectivity index (χ1n) is 15.6. The number of pyridine rings is 1. The first kappa shape index (κ1) is 31.9. The molecule has 7 heteroatoms. The summed E-state index contributed by atoms with van der Waals surface area (Å²) in [5.41, 5.74) is 15.2. The van der Waals surface area contributed by atoms with Crippen molar-refractivity contribution in [2.45, 2.75) is 110 Å². The van der Waals surface area contributed by atoms with Gasteiger partial charge in [-0.25, -0.2) is 4.39 Å². The Balaban J connectivity index is 1.58. The maximum atomic E-state index is 14.1. The number of nitrogens with two attached hydrogens (primary N) is 1. The van der Waals surface area contributed by atoms with Crippen LogP contribution in [-0.4, -0.2) is 34.5 Å². The van der Waals surface area contributed by atoms with E-state index in [0.29, 0.717) is 12.8 Å². The van der Waals surface area contributed by atoms with E-state index in [1.807, 2.05) is 58.9 Å². The van der Waals surface area contributed by atoms with E-state index < -0.39 is 11.4 Å². The van der Waals surface area contributed by atoms with Gasteiger partial charge in [0.05, 0.1) is 24.3 Å². The second-order valence-electron chi connectivity index (χ2n) is 13.7. The number of aryl methyl sites for hydroxylation is 1. The van der Waals surface area contributed by atoms with Crippen molar-refractivity contribution in [3.05, 3.63) is 88.0 Å². The third-order valence-corrected chi connectivity index (χ3v) is 8.09. The summed E-state index contributed by atoms with van der Waals surface area (Å²) < 4.78 is 32.1. The van der Waals surface area contributed by atoms with Crippen LogP contribution in [0.4, 0.5) is 10.1 Å². The lowest BCUT2D eigenvalue weighted by atomic mass is 9.86. The summed E-state index contributed by atoms with van der Waals surface area (Å²) in [6.45, 7) is 13.6. The van der Waals surface area contributed by atoms with Crippen molar-refractivity contribution >= 4 is 17.7 Å². The van der Waals surface area contributed by atoms with Gasteiger partial charge in [0.1, 0.15) is 11.4 Å². The molecule has 44 heavy (non-hydrogen) atoms. The number of benzene rings is 2. The molecule has 6 nitrogen and oxygen atoms in total. The van der Waals surface area contributed by atoms with E-state index in [0.717, 1.165) is 52.2 Å². The highest BCUT2D eigenvalue weighted by Crippen LogP contribution is 2.40. The van der Waals surface area contributed by atoms with Crippen molar-refractivity contribution in [3.63, 3.8) is 0 Å². The first-order chi connectivity index (χ1) is 20.7. The number of nitrogens with zero attached hydrogens (tertiary/aromatic N) is 1. The van der Waals surface area contributed by atoms with Crippen LogP contribution in [0, 0.1) is 5.82 Å². The van der Waals surface area contributed by atoms with Crippen molar-refractivity contribution in [1.29, 1.82) is 0 Å². The molecule has 5 rings (SSSR count). The van der Waals surface area contributed by atoms with Gasteiger partial charge in [0.25, 0.3) is 0 Å². The highest BCUT2D eigenvalue weighted by atomic mass is 19.1. The molecule has 234 valence electrons. The quantitative estimate of drug-likeness (QED) is 0.228. The minimum absolute atomic E-state index is 0.141. The van der Waals surface area contributed by atoms with Gasteiger partial charge >= 0.3 is 5.97 Å². The fraction of sp³-hybridized carbons (Fsp3) is 0.459. The van der Waals surface area contributed by atoms with Gasteiger partial charge in [0, 0.05) is 29.8 Å². The van der Waals surface area contributed by atoms with Gasteiger partial charge in [-0.15, -0.1) is 0 Å². The molecule has 0 bridgehead atoms. The van der Waals surface area contributed by atoms with Crippen LogP contribution in [0.2, 0.25) is 0 Å². The molecule has 2 aromatic carbocycles. The molecule has 0 radical (unpaired) electrons. The molecular weight excluding hydrogens is 555 g/mol. The smallest absolute Gasteiger partial charge is 0.308 e. The summed E-state index contributed by atoms with van der Waals surface area (Å²) in [5.74, 6) is -1.31. The van der Waals surface area contributed by atoms with Crippen molar-refractivity contribution in [2.24, 2.45) is 0 Å². The Hall–Kier alpha value is -3.55. The normalized spacial score (nSPS) is 19.8. The molecule has 2 atom stereocenters. The predicted molar refractivity (Wildman–Crippen MR) is 173 cm³/mol. The number of aromatic nitrogens is 1. The van der Waals surface area contributed by atoms with Gasteiger partial charge in [0.2, 0.25) is 0 Å². The SMILES string of the molecule is CC(C)c1nc2c(c(-c3ccc(F)cc3)c1/C=C/[C@@H]1C[C@H](CC(=O)OC(C)(C)C)OC(C)(C)O1)Cc1cccc(N)c1CC2. The van der Waals surface area contributed by atoms with Gasteiger partial charge in [-0.05, 0) is 99.4 Å². The van der Waals surface area contributed by atoms with Crippen molar-refractivity contribution in [1.82, 2.24) is 4.98 Å². The summed E-state index contributed by atoms with van der Waals surface area (Å²) in [6, 6.07) is 12.8. The van der Waals surface area contributed by atoms with Crippen LogP contribution < -0.4 is 5.73 Å². The Kier molecular flexibility index (Phi) is 9.01. The first-order valence-corrected chi connectivity index (χ1v) is 15.6. The zero-order valence-corrected chi connectivity index (χ0v) is 27.0. The lowest BCUT2D eigenvalue weighted by Gasteiger charge is -2.40. The Labute approximate surface area is 260 Å². The third kappa shape index (κ3) is 7.39. The van der Waals surface area contributed by atoms with Crippen molar-refractivity contribution < 1.29 is 23.4 Å². The van der Waals surface area contributed by atoms with E-state index in [2.05, 4.69) is 32.1 Å². The van der Waals surface area contributed by atoms with Gasteiger partial charge in [-0.1, -0.05) is 50.3 Å². The van der Waals surface area contributed by atoms with Crippen LogP contribution in [0.1, 0.15) is 101 Å². The number of fused-ring (bicyclic) bond motifs is 2. The number of nitrogen functional groups attached to an aromatic ring is 1. The number of anilines is 1. The zero-order chi connectivity index (χ0) is 31.8. The van der Waals surface area contributed by atoms with Gasteiger partial charge < -0.3 is 19.9 Å². The Morgan fingerprint density at radius 1 is 1.11 bits per heavy atom. The fourth-order valence-electron chi connectivity index (χ4n) is 6.38. The van der Waals surface area contributed by atoms with Crippen LogP contribution >= 0.6 is 0 Å². The maximum absolute atomic E-state index is 14.1. The highest BCUT2D eigenvalue weighted by molar-refractivity contribution is 5.81. The lowest BCUT2D eigenvalue weighted by Crippen LogP contribution is -2.45. The van der Waals surface area contributed by atoms with Gasteiger partial charge in [0.15, 0.2) is 5.79 Å². The van der Waals surface area contributed by atoms with Crippen LogP contribution in [0.5, 0.6) is 0 Å². The van der Waals surface area contributed by atoms with Crippen molar-refractivity contribution in [2.75, 3.05) is 5.73 Å². The number of ether oxygens (including phenoxy) is 3. The number of carbonyl (C=O) groups is 1. The Morgan fingerprint density at radius 3 is 2.52 bits per heavy atom. The molecule has 0 saturated carbocycles. The van der Waals surface area contributed by atoms with Gasteiger partial charge in [-0.3, -0.25) is 9.78 Å². The lowest BCUT2D eigenvalue weighted by molar-refractivity contribution is -0.290. The number of esters is 1. The van der Waals surface area contributed by atoms with E-state index in [1.165, 1.54) is 23.3 Å². The molecule has 0 amide bonds. The number of hydrogen-bond donors (Lipinski definition) is 1. The Bertz CT molecular complexity index is 1550. The largest absolute Gasteiger partial charge is 0.460 e. The topological polar surface area (TPSA) is 83.7 Å². The molecule has 1 fully saturated rings. The standard InChI is InChI=1S/C37H45FN2O4/c1-22(2)35-29(16-15-26-20-27(43-37(6,7)42-26)21-33(41)44-36(3,4)5)34(23-11-13-25(38)14-12-23)30-19-24-9-8-10-31(39)28(24)17-18-32(30)40-35/h8-16,22,26-27H,17-21,39H2,1-7H3/b16-15+/t26-,27-/m1/s1. The molecule has 1 aromatic heterocycles. The molecule has 1 aliphatic heterocycles. The molecule has 0 spiro atoms. The van der Waals surface area contributed by atoms with E-state index in [-0.39, 0.29) is 36.3 Å². The van der Waals surface area contributed by atoms with Crippen LogP contribution in [-0.2, 0) is 38.3 Å². The van der Waals surface area contributed by atoms with Crippen LogP contribution in [0.3, 0.4) is 0 Å². The molecule has 1 aliphatic carbocycles. The van der Waals surface area contributed by atoms with E-state index in [1.54, 1.807) is 0 Å². The molecule has 2 heterocycles. The number of halogens is 1. The molecular formula is C37H45FN2O4. The monoisotopic (exact) mass is 600 g/mol. The van der Waals surface area contributed by atoms with Crippen LogP contribution in [0.15, 0.2) is 48.5 Å². The number of hydrogen-bond acceptors (Lipinski definition) is 6. The summed E-state index contributed by atoms with van der Waals surface area (Å²) in [7, 11) is 0. The third-order valence-electron chi connectivity index (χ3n) is 8.09. The van der Waals surface area contributed by atoms with E-state index in [4.69, 9.17) is 24.9 Å². The molecule has 3 aromatic rings. The minimum Gasteiger partial charge on any atom is -0.460 e. The number of rotatable bonds is 6. The second-order valence-corrected chi connectivity index (χ2v) is 13.7. The second kappa shape index (κ2) is 12.4. The average Bonchev–Trinajstić information content (AvgIpc) is 3.09. The summed E-state index contributed by atoms with van der Waals surface area (Å²) >= 11 is 0. The van der Waals surface area contributed by atoms with Crippen LogP contribution in [0.25, 0.3) is 17.2 Å². The Morgan fingerprint density at radius 2 is 1.84 bits per heavy atom. The maximum Gasteiger partial charge on any atom is 0.308 e.